The molecule has 0 fully saturated rings. The first-order valence-corrected chi connectivity index (χ1v) is 5.80. The zero-order chi connectivity index (χ0) is 15.5. The van der Waals surface area contributed by atoms with Gasteiger partial charge < -0.3 is 4.74 Å². The lowest BCUT2D eigenvalue weighted by Gasteiger charge is -2.10. The second-order valence-electron chi connectivity index (χ2n) is 4.00. The van der Waals surface area contributed by atoms with Gasteiger partial charge in [-0.2, -0.15) is 13.2 Å². The lowest BCUT2D eigenvalue weighted by atomic mass is 10.2. The average Bonchev–Trinajstić information content (AvgIpc) is 2.47. The molecule has 0 N–H and O–H groups in total. The maximum atomic E-state index is 12.6. The third-order valence-electron chi connectivity index (χ3n) is 2.57. The van der Waals surface area contributed by atoms with Gasteiger partial charge in [-0.3, -0.25) is 0 Å². The molecule has 0 aliphatic rings. The SMILES string of the molecule is [C-]#[N+]c1cc(C=C)ccc1Oc1cccc(C(F)(F)F)n1. The van der Waals surface area contributed by atoms with Crippen LogP contribution in [0.15, 0.2) is 43.0 Å². The summed E-state index contributed by atoms with van der Waals surface area (Å²) in [6.07, 6.45) is -2.99. The molecule has 0 saturated heterocycles. The van der Waals surface area contributed by atoms with Crippen LogP contribution >= 0.6 is 0 Å². The summed E-state index contributed by atoms with van der Waals surface area (Å²) in [5.41, 5.74) is -0.163. The molecule has 3 nitrogen and oxygen atoms in total. The molecule has 0 aliphatic carbocycles. The molecule has 1 aromatic heterocycles. The van der Waals surface area contributed by atoms with Crippen LogP contribution < -0.4 is 4.74 Å². The molecule has 0 amide bonds. The lowest BCUT2D eigenvalue weighted by molar-refractivity contribution is -0.141. The fourth-order valence-corrected chi connectivity index (χ4v) is 1.58. The monoisotopic (exact) mass is 290 g/mol. The first-order valence-electron chi connectivity index (χ1n) is 5.80. The van der Waals surface area contributed by atoms with E-state index in [4.69, 9.17) is 11.3 Å². The summed E-state index contributed by atoms with van der Waals surface area (Å²) >= 11 is 0. The van der Waals surface area contributed by atoms with E-state index in [1.807, 2.05) is 0 Å². The second-order valence-corrected chi connectivity index (χ2v) is 4.00. The van der Waals surface area contributed by atoms with E-state index in [0.717, 1.165) is 6.07 Å². The Morgan fingerprint density at radius 1 is 1.24 bits per heavy atom. The molecular formula is C15H9F3N2O. The van der Waals surface area contributed by atoms with Crippen LogP contribution in [0.3, 0.4) is 0 Å². The highest BCUT2D eigenvalue weighted by Gasteiger charge is 2.32. The maximum Gasteiger partial charge on any atom is 0.433 e. The average molecular weight is 290 g/mol. The summed E-state index contributed by atoms with van der Waals surface area (Å²) in [6.45, 7) is 10.7. The molecule has 1 heterocycles. The fourth-order valence-electron chi connectivity index (χ4n) is 1.58. The standard InChI is InChI=1S/C15H9F3N2O/c1-3-10-7-8-12(11(9-10)19-2)21-14-6-4-5-13(20-14)15(16,17)18/h3-9H,1H2. The summed E-state index contributed by atoms with van der Waals surface area (Å²) in [7, 11) is 0. The van der Waals surface area contributed by atoms with Crippen LogP contribution in [-0.4, -0.2) is 4.98 Å². The van der Waals surface area contributed by atoms with E-state index in [0.29, 0.717) is 5.56 Å². The normalized spacial score (nSPS) is 10.8. The predicted molar refractivity (Wildman–Crippen MR) is 72.1 cm³/mol. The maximum absolute atomic E-state index is 12.6. The summed E-state index contributed by atoms with van der Waals surface area (Å²) in [6, 6.07) is 8.01. The van der Waals surface area contributed by atoms with Gasteiger partial charge >= 0.3 is 6.18 Å². The Bertz CT molecular complexity index is 718. The van der Waals surface area contributed by atoms with Crippen LogP contribution in [0.4, 0.5) is 18.9 Å². The van der Waals surface area contributed by atoms with Crippen LogP contribution in [0.2, 0.25) is 0 Å². The van der Waals surface area contributed by atoms with Gasteiger partial charge in [0.25, 0.3) is 0 Å². The first kappa shape index (κ1) is 14.6. The minimum atomic E-state index is -4.55. The van der Waals surface area contributed by atoms with Crippen molar-refractivity contribution in [2.75, 3.05) is 0 Å². The Balaban J connectivity index is 2.35. The van der Waals surface area contributed by atoms with Crippen molar-refractivity contribution in [2.24, 2.45) is 0 Å². The van der Waals surface area contributed by atoms with Gasteiger partial charge in [-0.05, 0) is 23.8 Å². The minimum Gasteiger partial charge on any atom is -0.450 e. The first-order chi connectivity index (χ1) is 9.94. The fraction of sp³-hybridized carbons (Fsp3) is 0.0667. The van der Waals surface area contributed by atoms with Gasteiger partial charge in [-0.15, -0.1) is 0 Å². The van der Waals surface area contributed by atoms with E-state index >= 15 is 0 Å². The van der Waals surface area contributed by atoms with Crippen LogP contribution in [-0.2, 0) is 6.18 Å². The molecule has 0 unspecified atom stereocenters. The zero-order valence-corrected chi connectivity index (χ0v) is 10.7. The largest absolute Gasteiger partial charge is 0.450 e. The van der Waals surface area contributed by atoms with Crippen molar-refractivity contribution in [1.82, 2.24) is 4.98 Å². The Labute approximate surface area is 119 Å². The number of alkyl halides is 3. The number of halogens is 3. The Morgan fingerprint density at radius 3 is 2.62 bits per heavy atom. The molecule has 0 saturated carbocycles. The minimum absolute atomic E-state index is 0.141. The number of rotatable bonds is 3. The molecule has 1 aromatic carbocycles. The number of ether oxygens (including phenoxy) is 1. The van der Waals surface area contributed by atoms with Gasteiger partial charge in [0, 0.05) is 6.07 Å². The summed E-state index contributed by atoms with van der Waals surface area (Å²) in [5, 5.41) is 0. The Hall–Kier alpha value is -2.81. The number of benzene rings is 1. The highest BCUT2D eigenvalue weighted by molar-refractivity contribution is 5.64. The molecule has 106 valence electrons. The molecule has 21 heavy (non-hydrogen) atoms. The number of hydrogen-bond donors (Lipinski definition) is 0. The molecule has 6 heteroatoms. The van der Waals surface area contributed by atoms with E-state index < -0.39 is 11.9 Å². The number of hydrogen-bond acceptors (Lipinski definition) is 2. The van der Waals surface area contributed by atoms with Crippen molar-refractivity contribution in [3.05, 3.63) is 65.7 Å². The van der Waals surface area contributed by atoms with Crippen molar-refractivity contribution < 1.29 is 17.9 Å². The van der Waals surface area contributed by atoms with Crippen LogP contribution in [0.25, 0.3) is 10.9 Å². The van der Waals surface area contributed by atoms with Crippen molar-refractivity contribution in [3.8, 4) is 11.6 Å². The zero-order valence-electron chi connectivity index (χ0n) is 10.7. The van der Waals surface area contributed by atoms with Gasteiger partial charge in [-0.25, -0.2) is 9.83 Å². The Morgan fingerprint density at radius 2 is 2.00 bits per heavy atom. The lowest BCUT2D eigenvalue weighted by Crippen LogP contribution is -2.07. The van der Waals surface area contributed by atoms with E-state index in [9.17, 15) is 13.2 Å². The van der Waals surface area contributed by atoms with Gasteiger partial charge in [0.05, 0.1) is 6.57 Å². The molecule has 0 aliphatic heterocycles. The van der Waals surface area contributed by atoms with Crippen LogP contribution in [0.5, 0.6) is 11.6 Å². The third-order valence-corrected chi connectivity index (χ3v) is 2.57. The van der Waals surface area contributed by atoms with E-state index in [-0.39, 0.29) is 17.3 Å². The molecule has 0 radical (unpaired) electrons. The molecule has 0 bridgehead atoms. The third kappa shape index (κ3) is 3.39. The second kappa shape index (κ2) is 5.67. The number of nitrogens with zero attached hydrogens (tertiary/aromatic N) is 2. The highest BCUT2D eigenvalue weighted by Crippen LogP contribution is 2.34. The van der Waals surface area contributed by atoms with Crippen molar-refractivity contribution in [3.63, 3.8) is 0 Å². The molecular weight excluding hydrogens is 281 g/mol. The topological polar surface area (TPSA) is 26.5 Å². The highest BCUT2D eigenvalue weighted by atomic mass is 19.4. The summed E-state index contributed by atoms with van der Waals surface area (Å²) in [4.78, 5) is 6.66. The van der Waals surface area contributed by atoms with Crippen molar-refractivity contribution >= 4 is 11.8 Å². The van der Waals surface area contributed by atoms with Gasteiger partial charge in [0.1, 0.15) is 11.4 Å². The number of pyridine rings is 1. The molecule has 0 spiro atoms. The smallest absolute Gasteiger partial charge is 0.433 e. The van der Waals surface area contributed by atoms with Gasteiger partial charge in [0.2, 0.25) is 11.6 Å². The van der Waals surface area contributed by atoms with Crippen LogP contribution in [0.1, 0.15) is 11.3 Å². The number of aromatic nitrogens is 1. The Kier molecular flexibility index (Phi) is 3.94. The molecule has 2 aromatic rings. The van der Waals surface area contributed by atoms with Crippen molar-refractivity contribution in [2.45, 2.75) is 6.18 Å². The van der Waals surface area contributed by atoms with Gasteiger partial charge in [0.15, 0.2) is 0 Å². The quantitative estimate of drug-likeness (QED) is 0.736. The van der Waals surface area contributed by atoms with E-state index in [1.165, 1.54) is 24.3 Å². The van der Waals surface area contributed by atoms with Gasteiger partial charge in [-0.1, -0.05) is 24.8 Å². The van der Waals surface area contributed by atoms with Crippen molar-refractivity contribution in [1.29, 1.82) is 0 Å². The molecule has 0 atom stereocenters. The molecule has 2 rings (SSSR count). The van der Waals surface area contributed by atoms with E-state index in [1.54, 1.807) is 12.1 Å². The predicted octanol–water partition coefficient (Wildman–Crippen LogP) is 5.09. The summed E-state index contributed by atoms with van der Waals surface area (Å²) < 4.78 is 43.0. The van der Waals surface area contributed by atoms with Crippen LogP contribution in [0, 0.1) is 6.57 Å². The van der Waals surface area contributed by atoms with E-state index in [2.05, 4.69) is 16.4 Å². The summed E-state index contributed by atoms with van der Waals surface area (Å²) in [5.74, 6) is -0.0801.